The summed E-state index contributed by atoms with van der Waals surface area (Å²) in [5, 5.41) is 0. The highest BCUT2D eigenvalue weighted by Crippen LogP contribution is 2.16. The van der Waals surface area contributed by atoms with Gasteiger partial charge in [0.15, 0.2) is 5.76 Å². The van der Waals surface area contributed by atoms with Gasteiger partial charge in [-0.05, 0) is 52.2 Å². The first kappa shape index (κ1) is 10.8. The van der Waals surface area contributed by atoms with Crippen molar-refractivity contribution in [2.24, 2.45) is 0 Å². The second kappa shape index (κ2) is 4.91. The van der Waals surface area contributed by atoms with Gasteiger partial charge < -0.3 is 9.15 Å². The highest BCUT2D eigenvalue weighted by molar-refractivity contribution is 9.10. The van der Waals surface area contributed by atoms with Gasteiger partial charge in [0, 0.05) is 5.56 Å². The number of hydrogen-bond donors (Lipinski definition) is 0. The molecule has 0 aliphatic heterocycles. The monoisotopic (exact) mass is 276 g/mol. The highest BCUT2D eigenvalue weighted by Gasteiger charge is 1.97. The van der Waals surface area contributed by atoms with Crippen molar-refractivity contribution in [3.8, 4) is 17.6 Å². The van der Waals surface area contributed by atoms with E-state index >= 15 is 0 Å². The van der Waals surface area contributed by atoms with Crippen LogP contribution in [-0.4, -0.2) is 7.11 Å². The first-order valence-electron chi connectivity index (χ1n) is 4.68. The lowest BCUT2D eigenvalue weighted by Gasteiger charge is -1.97. The zero-order valence-corrected chi connectivity index (χ0v) is 10.2. The van der Waals surface area contributed by atoms with E-state index in [1.165, 1.54) is 0 Å². The molecule has 1 heterocycles. The summed E-state index contributed by atoms with van der Waals surface area (Å²) in [5.74, 6) is 7.41. The quantitative estimate of drug-likeness (QED) is 0.745. The summed E-state index contributed by atoms with van der Waals surface area (Å²) in [4.78, 5) is 0. The number of methoxy groups -OCH3 is 1. The molecule has 0 radical (unpaired) electrons. The van der Waals surface area contributed by atoms with Gasteiger partial charge in [-0.15, -0.1) is 0 Å². The lowest BCUT2D eigenvalue weighted by Crippen LogP contribution is -1.81. The van der Waals surface area contributed by atoms with E-state index in [0.717, 1.165) is 15.8 Å². The van der Waals surface area contributed by atoms with Crippen molar-refractivity contribution in [3.05, 3.63) is 52.4 Å². The first-order chi connectivity index (χ1) is 7.79. The molecule has 3 heteroatoms. The Bertz CT molecular complexity index is 529. The van der Waals surface area contributed by atoms with E-state index in [4.69, 9.17) is 9.15 Å². The number of benzene rings is 1. The molecule has 0 amide bonds. The molecule has 0 fully saturated rings. The van der Waals surface area contributed by atoms with Crippen LogP contribution >= 0.6 is 15.9 Å². The smallest absolute Gasteiger partial charge is 0.191 e. The van der Waals surface area contributed by atoms with Gasteiger partial charge in [0.2, 0.25) is 0 Å². The molecule has 1 aromatic carbocycles. The second-order valence-electron chi connectivity index (χ2n) is 3.08. The summed E-state index contributed by atoms with van der Waals surface area (Å²) in [6, 6.07) is 9.38. The Morgan fingerprint density at radius 3 is 2.44 bits per heavy atom. The minimum Gasteiger partial charge on any atom is -0.497 e. The third-order valence-electron chi connectivity index (χ3n) is 2.03. The lowest BCUT2D eigenvalue weighted by atomic mass is 10.2. The number of furan rings is 1. The maximum atomic E-state index is 5.19. The Morgan fingerprint density at radius 2 is 1.88 bits per heavy atom. The van der Waals surface area contributed by atoms with Crippen LogP contribution in [0.5, 0.6) is 5.75 Å². The molecule has 0 aliphatic rings. The maximum absolute atomic E-state index is 5.19. The average molecular weight is 277 g/mol. The molecular weight excluding hydrogens is 268 g/mol. The van der Waals surface area contributed by atoms with Gasteiger partial charge >= 0.3 is 0 Å². The molecule has 2 nitrogen and oxygen atoms in total. The molecular formula is C13H9BrO2. The summed E-state index contributed by atoms with van der Waals surface area (Å²) in [7, 11) is 1.64. The summed E-state index contributed by atoms with van der Waals surface area (Å²) in [6.07, 6.45) is 1.60. The number of rotatable bonds is 1. The highest BCUT2D eigenvalue weighted by atomic mass is 79.9. The largest absolute Gasteiger partial charge is 0.497 e. The van der Waals surface area contributed by atoms with Crippen molar-refractivity contribution in [1.29, 1.82) is 0 Å². The first-order valence-corrected chi connectivity index (χ1v) is 5.48. The van der Waals surface area contributed by atoms with Gasteiger partial charge in [-0.1, -0.05) is 5.92 Å². The molecule has 0 atom stereocenters. The van der Waals surface area contributed by atoms with E-state index in [2.05, 4.69) is 27.8 Å². The van der Waals surface area contributed by atoms with E-state index in [9.17, 15) is 0 Å². The van der Waals surface area contributed by atoms with E-state index in [1.807, 2.05) is 30.3 Å². The SMILES string of the molecule is COc1ccc(C#Cc2occc2Br)cc1. The van der Waals surface area contributed by atoms with E-state index in [1.54, 1.807) is 13.4 Å². The Kier molecular flexibility index (Phi) is 3.33. The Balaban J connectivity index is 2.21. The maximum Gasteiger partial charge on any atom is 0.191 e. The molecule has 0 unspecified atom stereocenters. The fraction of sp³-hybridized carbons (Fsp3) is 0.0769. The minimum absolute atomic E-state index is 0.635. The van der Waals surface area contributed by atoms with E-state index in [0.29, 0.717) is 5.76 Å². The second-order valence-corrected chi connectivity index (χ2v) is 3.93. The third kappa shape index (κ3) is 2.47. The summed E-state index contributed by atoms with van der Waals surface area (Å²) < 4.78 is 11.1. The van der Waals surface area contributed by atoms with Gasteiger partial charge in [-0.3, -0.25) is 0 Å². The van der Waals surface area contributed by atoms with E-state index in [-0.39, 0.29) is 0 Å². The molecule has 2 aromatic rings. The van der Waals surface area contributed by atoms with Crippen molar-refractivity contribution < 1.29 is 9.15 Å². The molecule has 0 spiro atoms. The van der Waals surface area contributed by atoms with Crippen LogP contribution in [0, 0.1) is 11.8 Å². The summed E-state index contributed by atoms with van der Waals surface area (Å²) in [5.41, 5.74) is 0.920. The molecule has 80 valence electrons. The molecule has 0 bridgehead atoms. The van der Waals surface area contributed by atoms with Crippen molar-refractivity contribution >= 4 is 15.9 Å². The molecule has 0 N–H and O–H groups in total. The van der Waals surface area contributed by atoms with Gasteiger partial charge in [0.25, 0.3) is 0 Å². The molecule has 16 heavy (non-hydrogen) atoms. The van der Waals surface area contributed by atoms with Gasteiger partial charge in [0.05, 0.1) is 17.8 Å². The molecule has 1 aromatic heterocycles. The van der Waals surface area contributed by atoms with Crippen LogP contribution < -0.4 is 4.74 Å². The zero-order chi connectivity index (χ0) is 11.4. The zero-order valence-electron chi connectivity index (χ0n) is 8.66. The normalized spacial score (nSPS) is 9.38. The van der Waals surface area contributed by atoms with Crippen molar-refractivity contribution in [1.82, 2.24) is 0 Å². The van der Waals surface area contributed by atoms with Crippen molar-refractivity contribution in [2.75, 3.05) is 7.11 Å². The Labute approximate surface area is 102 Å². The number of ether oxygens (including phenoxy) is 1. The molecule has 0 saturated carbocycles. The van der Waals surface area contributed by atoms with Gasteiger partial charge in [-0.25, -0.2) is 0 Å². The predicted molar refractivity (Wildman–Crippen MR) is 65.4 cm³/mol. The summed E-state index contributed by atoms with van der Waals surface area (Å²) >= 11 is 3.35. The molecule has 0 aliphatic carbocycles. The Hall–Kier alpha value is -1.66. The lowest BCUT2D eigenvalue weighted by molar-refractivity contribution is 0.415. The van der Waals surface area contributed by atoms with Crippen LogP contribution in [0.1, 0.15) is 11.3 Å². The number of hydrogen-bond acceptors (Lipinski definition) is 2. The van der Waals surface area contributed by atoms with Crippen LogP contribution in [-0.2, 0) is 0 Å². The fourth-order valence-corrected chi connectivity index (χ4v) is 1.49. The molecule has 2 rings (SSSR count). The van der Waals surface area contributed by atoms with Crippen LogP contribution in [0.2, 0.25) is 0 Å². The average Bonchev–Trinajstić information content (AvgIpc) is 2.73. The predicted octanol–water partition coefficient (Wildman–Crippen LogP) is 3.45. The fourth-order valence-electron chi connectivity index (χ4n) is 1.19. The van der Waals surface area contributed by atoms with Gasteiger partial charge in [0.1, 0.15) is 5.75 Å². The third-order valence-corrected chi connectivity index (χ3v) is 2.65. The Morgan fingerprint density at radius 1 is 1.12 bits per heavy atom. The number of halogens is 1. The van der Waals surface area contributed by atoms with Crippen molar-refractivity contribution in [3.63, 3.8) is 0 Å². The van der Waals surface area contributed by atoms with E-state index < -0.39 is 0 Å². The standard InChI is InChI=1S/C13H9BrO2/c1-15-11-5-2-10(3-6-11)4-7-13-12(14)8-9-16-13/h2-3,5-6,8-9H,1H3. The van der Waals surface area contributed by atoms with Crippen LogP contribution in [0.25, 0.3) is 0 Å². The van der Waals surface area contributed by atoms with Crippen LogP contribution in [0.3, 0.4) is 0 Å². The van der Waals surface area contributed by atoms with Crippen molar-refractivity contribution in [2.45, 2.75) is 0 Å². The topological polar surface area (TPSA) is 22.4 Å². The minimum atomic E-state index is 0.635. The van der Waals surface area contributed by atoms with Crippen LogP contribution in [0.4, 0.5) is 0 Å². The van der Waals surface area contributed by atoms with Crippen LogP contribution in [0.15, 0.2) is 45.5 Å². The van der Waals surface area contributed by atoms with Gasteiger partial charge in [-0.2, -0.15) is 0 Å². The summed E-state index contributed by atoms with van der Waals surface area (Å²) in [6.45, 7) is 0. The molecule has 0 saturated heterocycles.